The highest BCUT2D eigenvalue weighted by Crippen LogP contribution is 2.29. The van der Waals surface area contributed by atoms with Crippen LogP contribution in [0.4, 0.5) is 14.5 Å². The standard InChI is InChI=1S/C14H10BrF2N3O/c15-7-3-9(16)14(10(17)4-7)20-12-2-1-8(18)5-11(12)19-13(20)6-21/h1-5,21H,6,18H2. The number of nitrogens with two attached hydrogens (primary N) is 1. The maximum atomic E-state index is 14.2. The highest BCUT2D eigenvalue weighted by atomic mass is 79.9. The number of halogens is 3. The summed E-state index contributed by atoms with van der Waals surface area (Å²) in [5.41, 5.74) is 6.80. The van der Waals surface area contributed by atoms with Crippen molar-refractivity contribution < 1.29 is 13.9 Å². The molecule has 2 aromatic carbocycles. The Balaban J connectivity index is 2.39. The van der Waals surface area contributed by atoms with Crippen LogP contribution in [0.3, 0.4) is 0 Å². The van der Waals surface area contributed by atoms with Gasteiger partial charge in [0.15, 0.2) is 11.6 Å². The molecule has 0 saturated carbocycles. The molecular weight excluding hydrogens is 344 g/mol. The molecule has 0 aliphatic rings. The van der Waals surface area contributed by atoms with Gasteiger partial charge in [-0.25, -0.2) is 13.8 Å². The second-order valence-corrected chi connectivity index (χ2v) is 5.40. The number of hydrogen-bond donors (Lipinski definition) is 2. The van der Waals surface area contributed by atoms with Crippen molar-refractivity contribution in [3.8, 4) is 5.69 Å². The number of benzene rings is 2. The van der Waals surface area contributed by atoms with Crippen LogP contribution >= 0.6 is 15.9 Å². The molecule has 0 aliphatic carbocycles. The molecule has 0 fully saturated rings. The van der Waals surface area contributed by atoms with E-state index in [0.29, 0.717) is 21.2 Å². The minimum absolute atomic E-state index is 0.135. The maximum absolute atomic E-state index is 14.2. The van der Waals surface area contributed by atoms with Crippen LogP contribution in [-0.4, -0.2) is 14.7 Å². The molecule has 1 aromatic heterocycles. The zero-order chi connectivity index (χ0) is 15.1. The van der Waals surface area contributed by atoms with Crippen LogP contribution in [0.25, 0.3) is 16.7 Å². The van der Waals surface area contributed by atoms with Crippen molar-refractivity contribution in [2.45, 2.75) is 6.61 Å². The number of fused-ring (bicyclic) bond motifs is 1. The van der Waals surface area contributed by atoms with Crippen LogP contribution < -0.4 is 5.73 Å². The van der Waals surface area contributed by atoms with Gasteiger partial charge in [0.05, 0.1) is 11.0 Å². The number of hydrogen-bond acceptors (Lipinski definition) is 3. The number of nitrogens with zero attached hydrogens (tertiary/aromatic N) is 2. The molecule has 3 N–H and O–H groups in total. The van der Waals surface area contributed by atoms with Crippen LogP contribution in [0, 0.1) is 11.6 Å². The third-order valence-electron chi connectivity index (χ3n) is 3.09. The number of aliphatic hydroxyl groups excluding tert-OH is 1. The highest BCUT2D eigenvalue weighted by molar-refractivity contribution is 9.10. The molecule has 0 saturated heterocycles. The van der Waals surface area contributed by atoms with E-state index in [1.807, 2.05) is 0 Å². The van der Waals surface area contributed by atoms with Gasteiger partial charge in [-0.1, -0.05) is 15.9 Å². The molecule has 0 amide bonds. The first-order valence-electron chi connectivity index (χ1n) is 6.04. The largest absolute Gasteiger partial charge is 0.399 e. The predicted molar refractivity (Wildman–Crippen MR) is 79.0 cm³/mol. The Hall–Kier alpha value is -1.99. The molecule has 4 nitrogen and oxygen atoms in total. The average molecular weight is 354 g/mol. The second-order valence-electron chi connectivity index (χ2n) is 4.49. The fourth-order valence-electron chi connectivity index (χ4n) is 2.25. The summed E-state index contributed by atoms with van der Waals surface area (Å²) >= 11 is 3.03. The number of nitrogen functional groups attached to an aromatic ring is 1. The first-order chi connectivity index (χ1) is 10.0. The Labute approximate surface area is 127 Å². The lowest BCUT2D eigenvalue weighted by atomic mass is 10.2. The molecule has 0 bridgehead atoms. The smallest absolute Gasteiger partial charge is 0.151 e. The predicted octanol–water partition coefficient (Wildman–Crippen LogP) is 3.14. The first kappa shape index (κ1) is 14.0. The Bertz CT molecular complexity index is 825. The topological polar surface area (TPSA) is 64.1 Å². The van der Waals surface area contributed by atoms with Crippen LogP contribution in [0.2, 0.25) is 0 Å². The number of aromatic nitrogens is 2. The number of rotatable bonds is 2. The lowest BCUT2D eigenvalue weighted by Gasteiger charge is -2.11. The van der Waals surface area contributed by atoms with Crippen LogP contribution in [0.15, 0.2) is 34.8 Å². The summed E-state index contributed by atoms with van der Waals surface area (Å²) < 4.78 is 29.9. The summed E-state index contributed by atoms with van der Waals surface area (Å²) in [4.78, 5) is 4.16. The first-order valence-corrected chi connectivity index (χ1v) is 6.83. The molecule has 0 unspecified atom stereocenters. The van der Waals surface area contributed by atoms with Gasteiger partial charge < -0.3 is 10.8 Å². The molecule has 0 atom stereocenters. The van der Waals surface area contributed by atoms with Gasteiger partial charge in [-0.15, -0.1) is 0 Å². The minimum atomic E-state index is -0.757. The molecule has 0 spiro atoms. The van der Waals surface area contributed by atoms with Crippen molar-refractivity contribution in [2.24, 2.45) is 0 Å². The van der Waals surface area contributed by atoms with E-state index in [1.54, 1.807) is 18.2 Å². The molecule has 21 heavy (non-hydrogen) atoms. The zero-order valence-electron chi connectivity index (χ0n) is 10.6. The molecule has 0 aliphatic heterocycles. The third-order valence-corrected chi connectivity index (χ3v) is 3.55. The van der Waals surface area contributed by atoms with Gasteiger partial charge in [-0.2, -0.15) is 0 Å². The molecule has 7 heteroatoms. The third kappa shape index (κ3) is 2.28. The second kappa shape index (κ2) is 5.09. The van der Waals surface area contributed by atoms with Crippen molar-refractivity contribution in [2.75, 3.05) is 5.73 Å². The maximum Gasteiger partial charge on any atom is 0.151 e. The fourth-order valence-corrected chi connectivity index (χ4v) is 2.65. The van der Waals surface area contributed by atoms with Crippen molar-refractivity contribution >= 4 is 32.7 Å². The summed E-state index contributed by atoms with van der Waals surface area (Å²) in [5.74, 6) is -1.38. The monoisotopic (exact) mass is 353 g/mol. The Morgan fingerprint density at radius 3 is 2.48 bits per heavy atom. The normalized spacial score (nSPS) is 11.2. The van der Waals surface area contributed by atoms with Crippen molar-refractivity contribution in [3.05, 3.63) is 52.3 Å². The minimum Gasteiger partial charge on any atom is -0.399 e. The summed E-state index contributed by atoms with van der Waals surface area (Å²) in [6, 6.07) is 7.11. The molecule has 3 rings (SSSR count). The number of imidazole rings is 1. The number of aliphatic hydroxyl groups is 1. The molecule has 1 heterocycles. The Morgan fingerprint density at radius 2 is 1.86 bits per heavy atom. The number of anilines is 1. The van der Waals surface area contributed by atoms with E-state index < -0.39 is 18.2 Å². The van der Waals surface area contributed by atoms with Crippen LogP contribution in [0.1, 0.15) is 5.82 Å². The van der Waals surface area contributed by atoms with E-state index >= 15 is 0 Å². The van der Waals surface area contributed by atoms with Gasteiger partial charge in [0.1, 0.15) is 18.1 Å². The Kier molecular flexibility index (Phi) is 3.38. The van der Waals surface area contributed by atoms with Gasteiger partial charge in [-0.3, -0.25) is 4.57 Å². The average Bonchev–Trinajstić information content (AvgIpc) is 2.75. The van der Waals surface area contributed by atoms with E-state index in [9.17, 15) is 13.9 Å². The van der Waals surface area contributed by atoms with Gasteiger partial charge in [-0.05, 0) is 30.3 Å². The summed E-state index contributed by atoms with van der Waals surface area (Å²) in [7, 11) is 0. The van der Waals surface area contributed by atoms with Gasteiger partial charge in [0.2, 0.25) is 0 Å². The molecular formula is C14H10BrF2N3O. The van der Waals surface area contributed by atoms with E-state index in [2.05, 4.69) is 20.9 Å². The van der Waals surface area contributed by atoms with Crippen LogP contribution in [0.5, 0.6) is 0 Å². The van der Waals surface area contributed by atoms with Gasteiger partial charge in [0, 0.05) is 10.2 Å². The summed E-state index contributed by atoms with van der Waals surface area (Å²) in [6.45, 7) is -0.455. The van der Waals surface area contributed by atoms with Crippen LogP contribution in [-0.2, 0) is 6.61 Å². The molecule has 3 aromatic rings. The van der Waals surface area contributed by atoms with Gasteiger partial charge >= 0.3 is 0 Å². The van der Waals surface area contributed by atoms with Crippen molar-refractivity contribution in [1.29, 1.82) is 0 Å². The molecule has 108 valence electrons. The van der Waals surface area contributed by atoms with E-state index in [0.717, 1.165) is 12.1 Å². The van der Waals surface area contributed by atoms with E-state index in [-0.39, 0.29) is 11.5 Å². The van der Waals surface area contributed by atoms with E-state index in [1.165, 1.54) is 4.57 Å². The van der Waals surface area contributed by atoms with Crippen molar-refractivity contribution in [1.82, 2.24) is 9.55 Å². The van der Waals surface area contributed by atoms with E-state index in [4.69, 9.17) is 5.73 Å². The Morgan fingerprint density at radius 1 is 1.19 bits per heavy atom. The van der Waals surface area contributed by atoms with Gasteiger partial charge in [0.25, 0.3) is 0 Å². The quantitative estimate of drug-likeness (QED) is 0.695. The SMILES string of the molecule is Nc1ccc2c(c1)nc(CO)n2-c1c(F)cc(Br)cc1F. The summed E-state index contributed by atoms with van der Waals surface area (Å²) in [5, 5.41) is 9.42. The fraction of sp³-hybridized carbons (Fsp3) is 0.0714. The lowest BCUT2D eigenvalue weighted by Crippen LogP contribution is -2.06. The lowest BCUT2D eigenvalue weighted by molar-refractivity contribution is 0.269. The van der Waals surface area contributed by atoms with Crippen molar-refractivity contribution in [3.63, 3.8) is 0 Å². The highest BCUT2D eigenvalue weighted by Gasteiger charge is 2.19. The molecule has 0 radical (unpaired) electrons. The zero-order valence-corrected chi connectivity index (χ0v) is 12.2. The summed E-state index contributed by atoms with van der Waals surface area (Å²) in [6.07, 6.45) is 0.